The fourth-order valence-electron chi connectivity index (χ4n) is 1.75. The standard InChI is InChI=1S/C14H23N3O3/c1-17(2)9-11-4-5-13(19-3)12(8-11)16-14(18)10-20-7-6-15/h4-5,8H,6-7,9-10,15H2,1-3H3,(H,16,18). The van der Waals surface area contributed by atoms with Crippen LogP contribution in [0.1, 0.15) is 5.56 Å². The summed E-state index contributed by atoms with van der Waals surface area (Å²) < 4.78 is 10.3. The van der Waals surface area contributed by atoms with Crippen molar-refractivity contribution in [3.63, 3.8) is 0 Å². The van der Waals surface area contributed by atoms with Gasteiger partial charge in [-0.05, 0) is 31.8 Å². The summed E-state index contributed by atoms with van der Waals surface area (Å²) >= 11 is 0. The third-order valence-corrected chi connectivity index (χ3v) is 2.53. The van der Waals surface area contributed by atoms with Crippen molar-refractivity contribution in [1.82, 2.24) is 4.90 Å². The summed E-state index contributed by atoms with van der Waals surface area (Å²) in [5, 5.41) is 2.79. The van der Waals surface area contributed by atoms with Crippen LogP contribution in [0, 0.1) is 0 Å². The summed E-state index contributed by atoms with van der Waals surface area (Å²) in [4.78, 5) is 13.8. The molecule has 0 aliphatic carbocycles. The summed E-state index contributed by atoms with van der Waals surface area (Å²) in [5.74, 6) is 0.401. The second-order valence-corrected chi connectivity index (χ2v) is 4.66. The van der Waals surface area contributed by atoms with Crippen LogP contribution in [0.5, 0.6) is 5.75 Å². The monoisotopic (exact) mass is 281 g/mol. The molecule has 0 fully saturated rings. The number of carbonyl (C=O) groups is 1. The number of ether oxygens (including phenoxy) is 2. The average molecular weight is 281 g/mol. The van der Waals surface area contributed by atoms with Gasteiger partial charge in [0.05, 0.1) is 19.4 Å². The third-order valence-electron chi connectivity index (χ3n) is 2.53. The summed E-state index contributed by atoms with van der Waals surface area (Å²) in [5.41, 5.74) is 7.04. The Labute approximate surface area is 119 Å². The molecule has 0 saturated carbocycles. The van der Waals surface area contributed by atoms with Gasteiger partial charge in [-0.15, -0.1) is 0 Å². The Kier molecular flexibility index (Phi) is 7.00. The summed E-state index contributed by atoms with van der Waals surface area (Å²) in [7, 11) is 5.55. The minimum atomic E-state index is -0.223. The van der Waals surface area contributed by atoms with Crippen LogP contribution in [-0.2, 0) is 16.1 Å². The van der Waals surface area contributed by atoms with E-state index in [-0.39, 0.29) is 12.5 Å². The van der Waals surface area contributed by atoms with Gasteiger partial charge < -0.3 is 25.4 Å². The summed E-state index contributed by atoms with van der Waals surface area (Å²) in [6, 6.07) is 5.72. The van der Waals surface area contributed by atoms with Gasteiger partial charge in [0.15, 0.2) is 0 Å². The first-order valence-corrected chi connectivity index (χ1v) is 6.46. The number of rotatable bonds is 8. The van der Waals surface area contributed by atoms with E-state index in [0.29, 0.717) is 24.6 Å². The Morgan fingerprint density at radius 1 is 1.40 bits per heavy atom. The zero-order valence-electron chi connectivity index (χ0n) is 12.3. The molecule has 20 heavy (non-hydrogen) atoms. The molecule has 0 spiro atoms. The van der Waals surface area contributed by atoms with E-state index in [9.17, 15) is 4.79 Å². The van der Waals surface area contributed by atoms with E-state index in [2.05, 4.69) is 10.2 Å². The Balaban J connectivity index is 2.72. The molecule has 1 amide bonds. The Morgan fingerprint density at radius 2 is 2.15 bits per heavy atom. The van der Waals surface area contributed by atoms with Crippen LogP contribution in [0.3, 0.4) is 0 Å². The SMILES string of the molecule is COc1ccc(CN(C)C)cc1NC(=O)COCCN. The van der Waals surface area contributed by atoms with Crippen molar-refractivity contribution < 1.29 is 14.3 Å². The van der Waals surface area contributed by atoms with E-state index < -0.39 is 0 Å². The lowest BCUT2D eigenvalue weighted by molar-refractivity contribution is -0.120. The zero-order valence-corrected chi connectivity index (χ0v) is 12.3. The van der Waals surface area contributed by atoms with Crippen LogP contribution in [0.2, 0.25) is 0 Å². The predicted octanol–water partition coefficient (Wildman–Crippen LogP) is 0.671. The summed E-state index contributed by atoms with van der Waals surface area (Å²) in [6.07, 6.45) is 0. The third kappa shape index (κ3) is 5.56. The lowest BCUT2D eigenvalue weighted by Crippen LogP contribution is -2.21. The Morgan fingerprint density at radius 3 is 2.75 bits per heavy atom. The number of amides is 1. The second-order valence-electron chi connectivity index (χ2n) is 4.66. The van der Waals surface area contributed by atoms with Crippen molar-refractivity contribution in [2.75, 3.05) is 46.3 Å². The molecule has 1 aromatic carbocycles. The highest BCUT2D eigenvalue weighted by molar-refractivity contribution is 5.93. The van der Waals surface area contributed by atoms with Crippen LogP contribution in [0.4, 0.5) is 5.69 Å². The van der Waals surface area contributed by atoms with Gasteiger partial charge in [0, 0.05) is 13.1 Å². The summed E-state index contributed by atoms with van der Waals surface area (Å²) in [6.45, 7) is 1.54. The van der Waals surface area contributed by atoms with Crippen molar-refractivity contribution >= 4 is 11.6 Å². The fourth-order valence-corrected chi connectivity index (χ4v) is 1.75. The van der Waals surface area contributed by atoms with Crippen molar-refractivity contribution in [3.05, 3.63) is 23.8 Å². The highest BCUT2D eigenvalue weighted by atomic mass is 16.5. The largest absolute Gasteiger partial charge is 0.495 e. The van der Waals surface area contributed by atoms with Crippen molar-refractivity contribution in [3.8, 4) is 5.75 Å². The minimum absolute atomic E-state index is 0.0156. The Bertz CT molecular complexity index is 436. The smallest absolute Gasteiger partial charge is 0.250 e. The first-order chi connectivity index (χ1) is 9.56. The molecule has 6 heteroatoms. The minimum Gasteiger partial charge on any atom is -0.495 e. The number of hydrogen-bond acceptors (Lipinski definition) is 5. The molecule has 0 atom stereocenters. The van der Waals surface area contributed by atoms with Crippen LogP contribution in [-0.4, -0.2) is 51.8 Å². The van der Waals surface area contributed by atoms with E-state index >= 15 is 0 Å². The molecule has 0 heterocycles. The molecule has 0 bridgehead atoms. The highest BCUT2D eigenvalue weighted by Gasteiger charge is 2.09. The number of anilines is 1. The van der Waals surface area contributed by atoms with Gasteiger partial charge in [-0.2, -0.15) is 0 Å². The van der Waals surface area contributed by atoms with Crippen LogP contribution in [0.25, 0.3) is 0 Å². The molecule has 6 nitrogen and oxygen atoms in total. The zero-order chi connectivity index (χ0) is 15.0. The number of methoxy groups -OCH3 is 1. The fraction of sp³-hybridized carbons (Fsp3) is 0.500. The molecule has 0 aliphatic rings. The van der Waals surface area contributed by atoms with Crippen LogP contribution in [0.15, 0.2) is 18.2 Å². The van der Waals surface area contributed by atoms with Crippen molar-refractivity contribution in [2.45, 2.75) is 6.54 Å². The molecule has 1 rings (SSSR count). The van der Waals surface area contributed by atoms with Gasteiger partial charge in [-0.3, -0.25) is 4.79 Å². The average Bonchev–Trinajstić information content (AvgIpc) is 2.38. The number of carbonyl (C=O) groups excluding carboxylic acids is 1. The molecular formula is C14H23N3O3. The van der Waals surface area contributed by atoms with E-state index in [1.165, 1.54) is 0 Å². The van der Waals surface area contributed by atoms with Crippen LogP contribution < -0.4 is 15.8 Å². The molecule has 3 N–H and O–H groups in total. The molecular weight excluding hydrogens is 258 g/mol. The van der Waals surface area contributed by atoms with Gasteiger partial charge >= 0.3 is 0 Å². The van der Waals surface area contributed by atoms with Gasteiger partial charge in [-0.1, -0.05) is 6.07 Å². The molecule has 0 saturated heterocycles. The molecule has 0 aromatic heterocycles. The maximum absolute atomic E-state index is 11.7. The van der Waals surface area contributed by atoms with Gasteiger partial charge in [0.25, 0.3) is 0 Å². The van der Waals surface area contributed by atoms with Crippen molar-refractivity contribution in [1.29, 1.82) is 0 Å². The first-order valence-electron chi connectivity index (χ1n) is 6.46. The lowest BCUT2D eigenvalue weighted by atomic mass is 10.1. The Hall–Kier alpha value is -1.63. The first kappa shape index (κ1) is 16.4. The quantitative estimate of drug-likeness (QED) is 0.685. The maximum Gasteiger partial charge on any atom is 0.250 e. The van der Waals surface area contributed by atoms with E-state index in [1.54, 1.807) is 7.11 Å². The number of nitrogens with one attached hydrogen (secondary N) is 1. The second kappa shape index (κ2) is 8.52. The lowest BCUT2D eigenvalue weighted by Gasteiger charge is -2.14. The van der Waals surface area contributed by atoms with Crippen molar-refractivity contribution in [2.24, 2.45) is 5.73 Å². The van der Waals surface area contributed by atoms with E-state index in [1.807, 2.05) is 32.3 Å². The van der Waals surface area contributed by atoms with Gasteiger partial charge in [-0.25, -0.2) is 0 Å². The van der Waals surface area contributed by atoms with Gasteiger partial charge in [0.1, 0.15) is 12.4 Å². The number of benzene rings is 1. The van der Waals surface area contributed by atoms with Gasteiger partial charge in [0.2, 0.25) is 5.91 Å². The molecule has 112 valence electrons. The van der Waals surface area contributed by atoms with Crippen LogP contribution >= 0.6 is 0 Å². The topological polar surface area (TPSA) is 76.8 Å². The predicted molar refractivity (Wildman–Crippen MR) is 78.9 cm³/mol. The molecule has 0 aliphatic heterocycles. The number of nitrogens with zero attached hydrogens (tertiary/aromatic N) is 1. The number of hydrogen-bond donors (Lipinski definition) is 2. The normalized spacial score (nSPS) is 10.7. The molecule has 0 radical (unpaired) electrons. The highest BCUT2D eigenvalue weighted by Crippen LogP contribution is 2.25. The molecule has 1 aromatic rings. The number of nitrogens with two attached hydrogens (primary N) is 1. The maximum atomic E-state index is 11.7. The van der Waals surface area contributed by atoms with E-state index in [4.69, 9.17) is 15.2 Å². The molecule has 0 unspecified atom stereocenters. The van der Waals surface area contributed by atoms with E-state index in [0.717, 1.165) is 12.1 Å².